The maximum atomic E-state index is 9.18. The van der Waals surface area contributed by atoms with Gasteiger partial charge in [-0.3, -0.25) is 4.98 Å². The fraction of sp³-hybridized carbons (Fsp3) is 0. The van der Waals surface area contributed by atoms with Gasteiger partial charge in [-0.2, -0.15) is 5.26 Å². The van der Waals surface area contributed by atoms with Gasteiger partial charge in [0.25, 0.3) is 0 Å². The number of nitriles is 1. The van der Waals surface area contributed by atoms with Crippen molar-refractivity contribution in [2.45, 2.75) is 0 Å². The molecule has 0 radical (unpaired) electrons. The Bertz CT molecular complexity index is 1680. The predicted molar refractivity (Wildman–Crippen MR) is 130 cm³/mol. The van der Waals surface area contributed by atoms with Crippen LogP contribution in [0.5, 0.6) is 0 Å². The van der Waals surface area contributed by atoms with Crippen molar-refractivity contribution in [1.29, 1.82) is 5.26 Å². The monoisotopic (exact) mass is 423 g/mol. The summed E-state index contributed by atoms with van der Waals surface area (Å²) in [6.45, 7) is 0. The minimum atomic E-state index is 0.514. The van der Waals surface area contributed by atoms with Crippen molar-refractivity contribution in [1.82, 2.24) is 9.97 Å². The summed E-state index contributed by atoms with van der Waals surface area (Å²) in [5.41, 5.74) is 8.00. The lowest BCUT2D eigenvalue weighted by Gasteiger charge is -2.06. The van der Waals surface area contributed by atoms with Gasteiger partial charge in [-0.25, -0.2) is 4.98 Å². The number of aromatic nitrogens is 2. The molecule has 0 saturated carbocycles. The number of hydrogen-bond donors (Lipinski definition) is 0. The van der Waals surface area contributed by atoms with Gasteiger partial charge in [0.1, 0.15) is 17.2 Å². The summed E-state index contributed by atoms with van der Waals surface area (Å²) in [6.07, 6.45) is 3.28. The molecule has 33 heavy (non-hydrogen) atoms. The molecule has 0 fully saturated rings. The van der Waals surface area contributed by atoms with E-state index in [1.165, 1.54) is 5.56 Å². The Morgan fingerprint density at radius 3 is 2.06 bits per heavy atom. The zero-order chi connectivity index (χ0) is 22.2. The molecule has 0 aliphatic rings. The van der Waals surface area contributed by atoms with E-state index in [1.807, 2.05) is 54.6 Å². The van der Waals surface area contributed by atoms with Gasteiger partial charge in [-0.15, -0.1) is 0 Å². The van der Waals surface area contributed by atoms with Crippen molar-refractivity contribution >= 4 is 21.9 Å². The molecule has 0 bridgehead atoms. The summed E-state index contributed by atoms with van der Waals surface area (Å²) in [4.78, 5) is 9.01. The van der Waals surface area contributed by atoms with Crippen LogP contribution in [0.2, 0.25) is 0 Å². The van der Waals surface area contributed by atoms with Crippen molar-refractivity contribution in [3.63, 3.8) is 0 Å². The highest BCUT2D eigenvalue weighted by Crippen LogP contribution is 2.35. The van der Waals surface area contributed by atoms with E-state index in [-0.39, 0.29) is 0 Å². The molecule has 0 aliphatic heterocycles. The van der Waals surface area contributed by atoms with Crippen LogP contribution in [0.4, 0.5) is 0 Å². The predicted octanol–water partition coefficient (Wildman–Crippen LogP) is 7.25. The second-order valence-electron chi connectivity index (χ2n) is 7.87. The summed E-state index contributed by atoms with van der Waals surface area (Å²) in [5.74, 6) is 0. The van der Waals surface area contributed by atoms with Gasteiger partial charge in [0.15, 0.2) is 0 Å². The highest BCUT2D eigenvalue weighted by Gasteiger charge is 2.11. The van der Waals surface area contributed by atoms with E-state index in [9.17, 15) is 5.26 Å². The molecule has 3 heterocycles. The average molecular weight is 423 g/mol. The third-order valence-corrected chi connectivity index (χ3v) is 5.78. The molecular formula is C29H17N3O. The molecule has 0 spiro atoms. The van der Waals surface area contributed by atoms with Crippen molar-refractivity contribution in [3.05, 3.63) is 109 Å². The standard InChI is InChI=1S/C29H17N3O/c30-16-19-13-23(18-31-17-19)27-8-4-7-26(32-27)22-10-12-29-25(15-22)24-14-21(9-11-28(24)33-29)20-5-2-1-3-6-20/h1-15,17-18H. The summed E-state index contributed by atoms with van der Waals surface area (Å²) in [6, 6.07) is 32.6. The van der Waals surface area contributed by atoms with Crippen LogP contribution < -0.4 is 0 Å². The zero-order valence-corrected chi connectivity index (χ0v) is 17.6. The number of pyridine rings is 2. The molecule has 4 nitrogen and oxygen atoms in total. The van der Waals surface area contributed by atoms with Crippen molar-refractivity contribution in [2.24, 2.45) is 0 Å². The topological polar surface area (TPSA) is 62.7 Å². The second-order valence-corrected chi connectivity index (χ2v) is 7.87. The minimum Gasteiger partial charge on any atom is -0.456 e. The third kappa shape index (κ3) is 3.42. The van der Waals surface area contributed by atoms with Gasteiger partial charge < -0.3 is 4.42 Å². The van der Waals surface area contributed by atoms with Crippen LogP contribution in [0.1, 0.15) is 5.56 Å². The molecule has 3 aromatic carbocycles. The number of nitrogens with zero attached hydrogens (tertiary/aromatic N) is 3. The van der Waals surface area contributed by atoms with Gasteiger partial charge >= 0.3 is 0 Å². The molecule has 6 rings (SSSR count). The van der Waals surface area contributed by atoms with Gasteiger partial charge in [-0.1, -0.05) is 42.5 Å². The SMILES string of the molecule is N#Cc1cncc(-c2cccc(-c3ccc4oc5ccc(-c6ccccc6)cc5c4c3)n2)c1. The van der Waals surface area contributed by atoms with Gasteiger partial charge in [-0.05, 0) is 59.7 Å². The van der Waals surface area contributed by atoms with Crippen LogP contribution in [0.3, 0.4) is 0 Å². The normalized spacial score (nSPS) is 11.0. The number of rotatable bonds is 3. The lowest BCUT2D eigenvalue weighted by atomic mass is 10.0. The lowest BCUT2D eigenvalue weighted by molar-refractivity contribution is 0.669. The van der Waals surface area contributed by atoms with E-state index >= 15 is 0 Å². The van der Waals surface area contributed by atoms with Gasteiger partial charge in [0.05, 0.1) is 17.0 Å². The number of fused-ring (bicyclic) bond motifs is 3. The van der Waals surface area contributed by atoms with Crippen LogP contribution in [-0.2, 0) is 0 Å². The Hall–Kier alpha value is -4.75. The third-order valence-electron chi connectivity index (χ3n) is 5.78. The van der Waals surface area contributed by atoms with E-state index in [4.69, 9.17) is 9.40 Å². The Morgan fingerprint density at radius 2 is 1.30 bits per heavy atom. The van der Waals surface area contributed by atoms with Gasteiger partial charge in [0.2, 0.25) is 0 Å². The van der Waals surface area contributed by atoms with E-state index < -0.39 is 0 Å². The fourth-order valence-corrected chi connectivity index (χ4v) is 4.14. The summed E-state index contributed by atoms with van der Waals surface area (Å²) in [5, 5.41) is 11.3. The molecule has 6 aromatic rings. The van der Waals surface area contributed by atoms with Crippen molar-refractivity contribution < 1.29 is 4.42 Å². The minimum absolute atomic E-state index is 0.514. The Morgan fingerprint density at radius 1 is 0.606 bits per heavy atom. The van der Waals surface area contributed by atoms with Crippen LogP contribution >= 0.6 is 0 Å². The molecule has 3 aromatic heterocycles. The number of furan rings is 1. The fourth-order valence-electron chi connectivity index (χ4n) is 4.14. The Balaban J connectivity index is 1.47. The zero-order valence-electron chi connectivity index (χ0n) is 17.6. The Labute approximate surface area is 190 Å². The van der Waals surface area contributed by atoms with Crippen molar-refractivity contribution in [2.75, 3.05) is 0 Å². The molecule has 0 unspecified atom stereocenters. The summed E-state index contributed by atoms with van der Waals surface area (Å²) in [7, 11) is 0. The molecule has 4 heteroatoms. The van der Waals surface area contributed by atoms with Gasteiger partial charge in [0, 0.05) is 34.3 Å². The first-order valence-corrected chi connectivity index (χ1v) is 10.6. The second kappa shape index (κ2) is 7.74. The highest BCUT2D eigenvalue weighted by molar-refractivity contribution is 6.07. The first-order valence-electron chi connectivity index (χ1n) is 10.6. The van der Waals surface area contributed by atoms with E-state index in [0.717, 1.165) is 50.0 Å². The maximum Gasteiger partial charge on any atom is 0.135 e. The van der Waals surface area contributed by atoms with E-state index in [0.29, 0.717) is 5.56 Å². The van der Waals surface area contributed by atoms with Crippen molar-refractivity contribution in [3.8, 4) is 39.7 Å². The molecule has 0 N–H and O–H groups in total. The summed E-state index contributed by atoms with van der Waals surface area (Å²) >= 11 is 0. The van der Waals surface area contributed by atoms with E-state index in [1.54, 1.807) is 18.5 Å². The van der Waals surface area contributed by atoms with Crippen LogP contribution in [0.25, 0.3) is 55.6 Å². The first-order chi connectivity index (χ1) is 16.3. The Kier molecular flexibility index (Phi) is 4.45. The van der Waals surface area contributed by atoms with Crippen LogP contribution in [0, 0.1) is 11.3 Å². The van der Waals surface area contributed by atoms with Crippen LogP contribution in [0.15, 0.2) is 108 Å². The largest absolute Gasteiger partial charge is 0.456 e. The molecule has 0 amide bonds. The molecule has 0 aliphatic carbocycles. The highest BCUT2D eigenvalue weighted by atomic mass is 16.3. The summed E-state index contributed by atoms with van der Waals surface area (Å²) < 4.78 is 6.09. The maximum absolute atomic E-state index is 9.18. The van der Waals surface area contributed by atoms with E-state index in [2.05, 4.69) is 41.4 Å². The molecular weight excluding hydrogens is 406 g/mol. The van der Waals surface area contributed by atoms with Crippen LogP contribution in [-0.4, -0.2) is 9.97 Å². The average Bonchev–Trinajstić information content (AvgIpc) is 3.26. The first kappa shape index (κ1) is 19.0. The quantitative estimate of drug-likeness (QED) is 0.301. The smallest absolute Gasteiger partial charge is 0.135 e. The molecule has 154 valence electrons. The number of benzene rings is 3. The molecule has 0 saturated heterocycles. The number of hydrogen-bond acceptors (Lipinski definition) is 4. The molecule has 0 atom stereocenters. The lowest BCUT2D eigenvalue weighted by Crippen LogP contribution is -1.89.